The fourth-order valence-electron chi connectivity index (χ4n) is 2.99. The highest BCUT2D eigenvalue weighted by Gasteiger charge is 2.32. The standard InChI is InChI=1S/C22H46NO4/c1-4-7-10-13-19-25-22(17-16-18-23-24,26-20-14-11-8-5-2)27-21-15-12-9-6-3/h23H,4-21H2,1-3H3/q-1. The van der Waals surface area contributed by atoms with Crippen molar-refractivity contribution in [1.29, 1.82) is 0 Å². The molecule has 0 unspecified atom stereocenters. The predicted molar refractivity (Wildman–Crippen MR) is 114 cm³/mol. The number of rotatable bonds is 22. The lowest BCUT2D eigenvalue weighted by molar-refractivity contribution is -0.384. The zero-order valence-corrected chi connectivity index (χ0v) is 18.4. The van der Waals surface area contributed by atoms with Gasteiger partial charge in [-0.05, 0) is 32.2 Å². The summed E-state index contributed by atoms with van der Waals surface area (Å²) in [5, 5.41) is 10.6. The molecule has 5 heteroatoms. The van der Waals surface area contributed by atoms with Gasteiger partial charge in [-0.15, -0.1) is 0 Å². The van der Waals surface area contributed by atoms with Crippen LogP contribution in [0.25, 0.3) is 0 Å². The van der Waals surface area contributed by atoms with Crippen molar-refractivity contribution in [1.82, 2.24) is 5.48 Å². The first-order valence-corrected chi connectivity index (χ1v) is 11.5. The lowest BCUT2D eigenvalue weighted by Gasteiger charge is -2.34. The topological polar surface area (TPSA) is 62.8 Å². The molecule has 1 N–H and O–H groups in total. The quantitative estimate of drug-likeness (QED) is 0.134. The third-order valence-electron chi connectivity index (χ3n) is 4.72. The zero-order valence-electron chi connectivity index (χ0n) is 18.4. The SMILES string of the molecule is CCCCCCOC(CCCN[O-])(OCCCCCC)OCCCCCC. The summed E-state index contributed by atoms with van der Waals surface area (Å²) in [6.07, 6.45) is 15.2. The molecule has 0 heterocycles. The first-order valence-electron chi connectivity index (χ1n) is 11.5. The summed E-state index contributed by atoms with van der Waals surface area (Å²) in [5.41, 5.74) is 1.98. The number of hydroxylamine groups is 1. The van der Waals surface area contributed by atoms with Gasteiger partial charge in [-0.1, -0.05) is 78.6 Å². The first kappa shape index (κ1) is 26.8. The molecule has 0 fully saturated rings. The predicted octanol–water partition coefficient (Wildman–Crippen LogP) is 6.30. The van der Waals surface area contributed by atoms with E-state index < -0.39 is 5.97 Å². The fraction of sp³-hybridized carbons (Fsp3) is 1.00. The minimum Gasteiger partial charge on any atom is -0.788 e. The van der Waals surface area contributed by atoms with Crippen molar-refractivity contribution in [3.05, 3.63) is 5.21 Å². The summed E-state index contributed by atoms with van der Waals surface area (Å²) < 4.78 is 18.5. The Morgan fingerprint density at radius 1 is 0.593 bits per heavy atom. The largest absolute Gasteiger partial charge is 0.788 e. The van der Waals surface area contributed by atoms with E-state index in [1.807, 2.05) is 5.48 Å². The van der Waals surface area contributed by atoms with E-state index >= 15 is 0 Å². The Kier molecular flexibility index (Phi) is 20.4. The minimum atomic E-state index is -0.985. The number of hydrogen-bond donors (Lipinski definition) is 1. The molecular weight excluding hydrogens is 342 g/mol. The smallest absolute Gasteiger partial charge is 0.282 e. The van der Waals surface area contributed by atoms with E-state index in [1.54, 1.807) is 0 Å². The Labute approximate surface area is 168 Å². The van der Waals surface area contributed by atoms with E-state index in [9.17, 15) is 5.21 Å². The summed E-state index contributed by atoms with van der Waals surface area (Å²) >= 11 is 0. The molecule has 0 saturated heterocycles. The molecule has 0 rings (SSSR count). The van der Waals surface area contributed by atoms with Crippen molar-refractivity contribution in [2.45, 2.75) is 117 Å². The third kappa shape index (κ3) is 16.5. The molecule has 0 radical (unpaired) electrons. The molecule has 5 nitrogen and oxygen atoms in total. The number of ether oxygens (including phenoxy) is 3. The van der Waals surface area contributed by atoms with E-state index in [1.165, 1.54) is 57.8 Å². The van der Waals surface area contributed by atoms with Gasteiger partial charge in [0.25, 0.3) is 5.97 Å². The molecule has 0 amide bonds. The third-order valence-corrected chi connectivity index (χ3v) is 4.72. The van der Waals surface area contributed by atoms with Crippen LogP contribution in [0.1, 0.15) is 111 Å². The van der Waals surface area contributed by atoms with Gasteiger partial charge in [-0.3, -0.25) is 0 Å². The number of unbranched alkanes of at least 4 members (excludes halogenated alkanes) is 9. The van der Waals surface area contributed by atoms with Crippen molar-refractivity contribution in [3.63, 3.8) is 0 Å². The van der Waals surface area contributed by atoms with E-state index in [0.29, 0.717) is 39.2 Å². The average molecular weight is 389 g/mol. The molecule has 0 aliphatic rings. The summed E-state index contributed by atoms with van der Waals surface area (Å²) in [6.45, 7) is 8.97. The molecule has 0 aromatic carbocycles. The van der Waals surface area contributed by atoms with Crippen molar-refractivity contribution in [2.24, 2.45) is 0 Å². The lowest BCUT2D eigenvalue weighted by atomic mass is 10.2. The molecule has 0 saturated carbocycles. The highest BCUT2D eigenvalue weighted by molar-refractivity contribution is 4.62. The Morgan fingerprint density at radius 3 is 1.33 bits per heavy atom. The van der Waals surface area contributed by atoms with Crippen molar-refractivity contribution < 1.29 is 14.2 Å². The van der Waals surface area contributed by atoms with Gasteiger partial charge in [0.15, 0.2) is 0 Å². The normalized spacial score (nSPS) is 12.0. The van der Waals surface area contributed by atoms with E-state index in [-0.39, 0.29) is 0 Å². The maximum atomic E-state index is 10.6. The van der Waals surface area contributed by atoms with Crippen molar-refractivity contribution in [2.75, 3.05) is 26.4 Å². The molecule has 0 bridgehead atoms. The maximum absolute atomic E-state index is 10.6. The zero-order chi connectivity index (χ0) is 20.1. The van der Waals surface area contributed by atoms with Crippen LogP contribution in [0, 0.1) is 5.21 Å². The van der Waals surface area contributed by atoms with Gasteiger partial charge in [0.1, 0.15) is 0 Å². The second-order valence-corrected chi connectivity index (χ2v) is 7.41. The van der Waals surface area contributed by atoms with E-state index in [4.69, 9.17) is 14.2 Å². The minimum absolute atomic E-state index is 0.402. The van der Waals surface area contributed by atoms with Crippen molar-refractivity contribution >= 4 is 0 Å². The lowest BCUT2D eigenvalue weighted by Crippen LogP contribution is -2.41. The molecular formula is C22H46NO4-. The van der Waals surface area contributed by atoms with E-state index in [2.05, 4.69) is 20.8 Å². The molecule has 0 atom stereocenters. The van der Waals surface area contributed by atoms with Crippen LogP contribution in [0.2, 0.25) is 0 Å². The van der Waals surface area contributed by atoms with Crippen LogP contribution in [0.3, 0.4) is 0 Å². The summed E-state index contributed by atoms with van der Waals surface area (Å²) in [4.78, 5) is 0. The first-order chi connectivity index (χ1) is 13.2. The van der Waals surface area contributed by atoms with Crippen LogP contribution in [0.15, 0.2) is 0 Å². The molecule has 164 valence electrons. The molecule has 0 aliphatic heterocycles. The molecule has 27 heavy (non-hydrogen) atoms. The van der Waals surface area contributed by atoms with E-state index in [0.717, 1.165) is 19.3 Å². The van der Waals surface area contributed by atoms with Crippen molar-refractivity contribution in [3.8, 4) is 0 Å². The number of hydrogen-bond acceptors (Lipinski definition) is 5. The average Bonchev–Trinajstić information content (AvgIpc) is 2.67. The highest BCUT2D eigenvalue weighted by Crippen LogP contribution is 2.24. The molecule has 0 aromatic heterocycles. The Hall–Kier alpha value is -0.200. The van der Waals surface area contributed by atoms with Crippen LogP contribution < -0.4 is 5.48 Å². The van der Waals surface area contributed by atoms with Gasteiger partial charge in [0.05, 0.1) is 19.8 Å². The van der Waals surface area contributed by atoms with Gasteiger partial charge in [0, 0.05) is 6.42 Å². The Morgan fingerprint density at radius 2 is 1.00 bits per heavy atom. The van der Waals surface area contributed by atoms with Crippen LogP contribution in [0.4, 0.5) is 0 Å². The Balaban J connectivity index is 4.61. The van der Waals surface area contributed by atoms with Crippen LogP contribution in [-0.4, -0.2) is 32.3 Å². The fourth-order valence-corrected chi connectivity index (χ4v) is 2.99. The monoisotopic (exact) mass is 388 g/mol. The van der Waals surface area contributed by atoms with Gasteiger partial charge in [0.2, 0.25) is 0 Å². The molecule has 0 aromatic rings. The van der Waals surface area contributed by atoms with Gasteiger partial charge in [-0.2, -0.15) is 0 Å². The summed E-state index contributed by atoms with van der Waals surface area (Å²) in [6, 6.07) is 0. The van der Waals surface area contributed by atoms with Gasteiger partial charge >= 0.3 is 0 Å². The van der Waals surface area contributed by atoms with Gasteiger partial charge in [-0.25, -0.2) is 0 Å². The maximum Gasteiger partial charge on any atom is 0.282 e. The van der Waals surface area contributed by atoms with Crippen LogP contribution in [-0.2, 0) is 14.2 Å². The highest BCUT2D eigenvalue weighted by atomic mass is 16.9. The second-order valence-electron chi connectivity index (χ2n) is 7.41. The second kappa shape index (κ2) is 20.5. The van der Waals surface area contributed by atoms with Gasteiger partial charge < -0.3 is 24.9 Å². The molecule has 0 spiro atoms. The Bertz CT molecular complexity index is 253. The molecule has 0 aliphatic carbocycles. The van der Waals surface area contributed by atoms with Crippen LogP contribution >= 0.6 is 0 Å². The summed E-state index contributed by atoms with van der Waals surface area (Å²) in [7, 11) is 0. The van der Waals surface area contributed by atoms with Crippen LogP contribution in [0.5, 0.6) is 0 Å². The summed E-state index contributed by atoms with van der Waals surface area (Å²) in [5.74, 6) is -0.985. The number of nitrogens with one attached hydrogen (secondary N) is 1.